The van der Waals surface area contributed by atoms with Gasteiger partial charge in [0, 0.05) is 24.7 Å². The van der Waals surface area contributed by atoms with Gasteiger partial charge in [0.1, 0.15) is 0 Å². The van der Waals surface area contributed by atoms with Crippen LogP contribution in [0, 0.1) is 17.8 Å². The van der Waals surface area contributed by atoms with Gasteiger partial charge in [0.2, 0.25) is 0 Å². The summed E-state index contributed by atoms with van der Waals surface area (Å²) < 4.78 is 0. The number of rotatable bonds is 5. The van der Waals surface area contributed by atoms with E-state index in [-0.39, 0.29) is 5.54 Å². The maximum atomic E-state index is 6.24. The predicted octanol–water partition coefficient (Wildman–Crippen LogP) is 3.51. The fourth-order valence-electron chi connectivity index (χ4n) is 4.10. The van der Waals surface area contributed by atoms with Crippen LogP contribution in [-0.4, -0.2) is 29.6 Å². The summed E-state index contributed by atoms with van der Waals surface area (Å²) >= 11 is 0. The van der Waals surface area contributed by atoms with Crippen molar-refractivity contribution in [3.8, 4) is 0 Å². The monoisotopic (exact) mass is 254 g/mol. The Morgan fingerprint density at radius 1 is 1.11 bits per heavy atom. The summed E-state index contributed by atoms with van der Waals surface area (Å²) in [5, 5.41) is 0. The molecule has 1 aliphatic carbocycles. The third-order valence-electron chi connectivity index (χ3n) is 4.44. The molecule has 2 nitrogen and oxygen atoms in total. The molecule has 2 heteroatoms. The molecule has 0 amide bonds. The van der Waals surface area contributed by atoms with Gasteiger partial charge in [-0.1, -0.05) is 27.7 Å². The summed E-state index contributed by atoms with van der Waals surface area (Å²) in [6.45, 7) is 16.1. The van der Waals surface area contributed by atoms with Gasteiger partial charge in [0.05, 0.1) is 0 Å². The number of hydrogen-bond acceptors (Lipinski definition) is 2. The molecule has 1 saturated carbocycles. The zero-order valence-electron chi connectivity index (χ0n) is 13.4. The zero-order valence-corrected chi connectivity index (χ0v) is 13.4. The van der Waals surface area contributed by atoms with Crippen LogP contribution in [0.25, 0.3) is 0 Å². The number of nitrogens with zero attached hydrogens (tertiary/aromatic N) is 1. The van der Waals surface area contributed by atoms with E-state index in [1.165, 1.54) is 25.8 Å². The van der Waals surface area contributed by atoms with Crippen molar-refractivity contribution in [2.45, 2.75) is 72.4 Å². The first-order chi connectivity index (χ1) is 8.30. The molecular formula is C16H34N2. The van der Waals surface area contributed by atoms with E-state index < -0.39 is 0 Å². The van der Waals surface area contributed by atoms with Gasteiger partial charge in [0.15, 0.2) is 0 Å². The lowest BCUT2D eigenvalue weighted by Gasteiger charge is -2.52. The summed E-state index contributed by atoms with van der Waals surface area (Å²) in [5.41, 5.74) is 6.48. The molecule has 1 fully saturated rings. The molecule has 108 valence electrons. The lowest BCUT2D eigenvalue weighted by Crippen LogP contribution is -2.60. The molecule has 1 rings (SSSR count). The van der Waals surface area contributed by atoms with E-state index in [0.717, 1.165) is 18.4 Å². The molecule has 0 heterocycles. The molecule has 0 saturated heterocycles. The van der Waals surface area contributed by atoms with Gasteiger partial charge >= 0.3 is 0 Å². The van der Waals surface area contributed by atoms with Crippen molar-refractivity contribution >= 4 is 0 Å². The third-order valence-corrected chi connectivity index (χ3v) is 4.44. The van der Waals surface area contributed by atoms with Crippen LogP contribution in [0.1, 0.15) is 60.8 Å². The predicted molar refractivity (Wildman–Crippen MR) is 80.6 cm³/mol. The van der Waals surface area contributed by atoms with Crippen LogP contribution in [-0.2, 0) is 0 Å². The van der Waals surface area contributed by atoms with Crippen LogP contribution in [0.2, 0.25) is 0 Å². The molecule has 0 bridgehead atoms. The largest absolute Gasteiger partial charge is 0.329 e. The van der Waals surface area contributed by atoms with E-state index in [1.54, 1.807) is 0 Å². The lowest BCUT2D eigenvalue weighted by atomic mass is 9.70. The van der Waals surface area contributed by atoms with Gasteiger partial charge in [-0.3, -0.25) is 4.90 Å². The summed E-state index contributed by atoms with van der Waals surface area (Å²) in [6, 6.07) is 0.591. The first-order valence-electron chi connectivity index (χ1n) is 7.77. The molecule has 0 aromatic rings. The summed E-state index contributed by atoms with van der Waals surface area (Å²) in [6.07, 6.45) is 3.92. The van der Waals surface area contributed by atoms with E-state index in [0.29, 0.717) is 12.0 Å². The van der Waals surface area contributed by atoms with E-state index in [1.807, 2.05) is 0 Å². The van der Waals surface area contributed by atoms with Crippen molar-refractivity contribution < 1.29 is 0 Å². The molecule has 0 aromatic carbocycles. The van der Waals surface area contributed by atoms with Crippen molar-refractivity contribution in [3.05, 3.63) is 0 Å². The molecule has 18 heavy (non-hydrogen) atoms. The Balaban J connectivity index is 2.94. The first-order valence-corrected chi connectivity index (χ1v) is 7.77. The molecule has 2 N–H and O–H groups in total. The highest BCUT2D eigenvalue weighted by molar-refractivity contribution is 4.99. The Morgan fingerprint density at radius 3 is 1.94 bits per heavy atom. The Labute approximate surface area is 114 Å². The smallest absolute Gasteiger partial charge is 0.0339 e. The fraction of sp³-hybridized carbons (Fsp3) is 1.00. The average Bonchev–Trinajstić information content (AvgIpc) is 2.23. The van der Waals surface area contributed by atoms with Crippen LogP contribution in [0.3, 0.4) is 0 Å². The minimum Gasteiger partial charge on any atom is -0.329 e. The average molecular weight is 254 g/mol. The SMILES string of the molecule is CC(C)CN(C(C)C)C1(CN)CC(C)CC(C)C1. The standard InChI is InChI=1S/C16H34N2/c1-12(2)10-18(13(3)4)16(11-17)8-14(5)7-15(6)9-16/h12-15H,7-11,17H2,1-6H3. The van der Waals surface area contributed by atoms with Crippen LogP contribution in [0.15, 0.2) is 0 Å². The van der Waals surface area contributed by atoms with Gasteiger partial charge in [-0.25, -0.2) is 0 Å². The van der Waals surface area contributed by atoms with E-state index >= 15 is 0 Å². The van der Waals surface area contributed by atoms with Crippen molar-refractivity contribution in [1.29, 1.82) is 0 Å². The molecule has 0 aromatic heterocycles. The first kappa shape index (κ1) is 16.0. The molecule has 0 aliphatic heterocycles. The highest BCUT2D eigenvalue weighted by Gasteiger charge is 2.42. The molecular weight excluding hydrogens is 220 g/mol. The summed E-state index contributed by atoms with van der Waals surface area (Å²) in [4.78, 5) is 2.70. The normalized spacial score (nSPS) is 33.7. The van der Waals surface area contributed by atoms with Crippen LogP contribution in [0.4, 0.5) is 0 Å². The van der Waals surface area contributed by atoms with Crippen molar-refractivity contribution in [3.63, 3.8) is 0 Å². The second kappa shape index (κ2) is 6.38. The van der Waals surface area contributed by atoms with Gasteiger partial charge in [-0.15, -0.1) is 0 Å². The fourth-order valence-corrected chi connectivity index (χ4v) is 4.10. The quantitative estimate of drug-likeness (QED) is 0.813. The van der Waals surface area contributed by atoms with Crippen LogP contribution < -0.4 is 5.73 Å². The molecule has 0 radical (unpaired) electrons. The van der Waals surface area contributed by atoms with Crippen LogP contribution >= 0.6 is 0 Å². The second-order valence-electron chi connectivity index (χ2n) is 7.42. The van der Waals surface area contributed by atoms with E-state index in [2.05, 4.69) is 46.4 Å². The minimum atomic E-state index is 0.246. The minimum absolute atomic E-state index is 0.246. The Kier molecular flexibility index (Phi) is 5.67. The number of nitrogens with two attached hydrogens (primary N) is 1. The van der Waals surface area contributed by atoms with E-state index in [9.17, 15) is 0 Å². The molecule has 2 atom stereocenters. The Bertz CT molecular complexity index is 237. The maximum Gasteiger partial charge on any atom is 0.0339 e. The van der Waals surface area contributed by atoms with Gasteiger partial charge in [0.25, 0.3) is 0 Å². The summed E-state index contributed by atoms with van der Waals surface area (Å²) in [7, 11) is 0. The highest BCUT2D eigenvalue weighted by atomic mass is 15.2. The lowest BCUT2D eigenvalue weighted by molar-refractivity contribution is -0.00961. The number of hydrogen-bond donors (Lipinski definition) is 1. The Morgan fingerprint density at radius 2 is 1.61 bits per heavy atom. The molecule has 2 unspecified atom stereocenters. The van der Waals surface area contributed by atoms with Crippen LogP contribution in [0.5, 0.6) is 0 Å². The topological polar surface area (TPSA) is 29.3 Å². The van der Waals surface area contributed by atoms with Gasteiger partial charge < -0.3 is 5.73 Å². The highest BCUT2D eigenvalue weighted by Crippen LogP contribution is 2.40. The van der Waals surface area contributed by atoms with Crippen molar-refractivity contribution in [1.82, 2.24) is 4.90 Å². The summed E-state index contributed by atoms with van der Waals surface area (Å²) in [5.74, 6) is 2.33. The van der Waals surface area contributed by atoms with Crippen molar-refractivity contribution in [2.24, 2.45) is 23.5 Å². The van der Waals surface area contributed by atoms with Gasteiger partial charge in [-0.05, 0) is 50.9 Å². The van der Waals surface area contributed by atoms with Gasteiger partial charge in [-0.2, -0.15) is 0 Å². The zero-order chi connectivity index (χ0) is 13.9. The Hall–Kier alpha value is -0.0800. The second-order valence-corrected chi connectivity index (χ2v) is 7.42. The van der Waals surface area contributed by atoms with E-state index in [4.69, 9.17) is 5.73 Å². The van der Waals surface area contributed by atoms with Crippen molar-refractivity contribution in [2.75, 3.05) is 13.1 Å². The third kappa shape index (κ3) is 3.71. The maximum absolute atomic E-state index is 6.24. The molecule has 0 spiro atoms. The molecule has 1 aliphatic rings.